The number of methoxy groups -OCH3 is 1. The van der Waals surface area contributed by atoms with E-state index in [0.29, 0.717) is 23.8 Å². The van der Waals surface area contributed by atoms with E-state index in [1.165, 1.54) is 5.56 Å². The first-order chi connectivity index (χ1) is 19.0. The molecule has 5 unspecified atom stereocenters. The van der Waals surface area contributed by atoms with Gasteiger partial charge in [-0.25, -0.2) is 5.43 Å². The smallest absolute Gasteiger partial charge is 0.235 e. The number of fused-ring (bicyclic) bond motifs is 3. The highest BCUT2D eigenvalue weighted by Gasteiger charge is 2.67. The summed E-state index contributed by atoms with van der Waals surface area (Å²) in [6, 6.07) is 15.3. The number of hydrogen-bond acceptors (Lipinski definition) is 6. The Balaban J connectivity index is 0.964. The van der Waals surface area contributed by atoms with E-state index in [9.17, 15) is 4.79 Å². The molecule has 7 rings (SSSR count). The molecule has 0 aromatic heterocycles. The molecular weight excluding hydrogens is 486 g/mol. The molecule has 6 atom stereocenters. The van der Waals surface area contributed by atoms with Crippen LogP contribution in [0.4, 0.5) is 5.69 Å². The second-order valence-electron chi connectivity index (χ2n) is 12.3. The van der Waals surface area contributed by atoms with Crippen LogP contribution in [-0.2, 0) is 16.8 Å². The summed E-state index contributed by atoms with van der Waals surface area (Å²) in [5.41, 5.74) is 11.2. The maximum atomic E-state index is 13.1. The molecular formula is C32H39N5O2. The molecule has 0 bridgehead atoms. The van der Waals surface area contributed by atoms with E-state index in [2.05, 4.69) is 75.2 Å². The van der Waals surface area contributed by atoms with Gasteiger partial charge in [-0.15, -0.1) is 0 Å². The van der Waals surface area contributed by atoms with Crippen LogP contribution in [0.25, 0.3) is 0 Å². The quantitative estimate of drug-likeness (QED) is 0.534. The lowest BCUT2D eigenvalue weighted by Gasteiger charge is -2.33. The Morgan fingerprint density at radius 2 is 1.87 bits per heavy atom. The summed E-state index contributed by atoms with van der Waals surface area (Å²) in [7, 11) is 3.88. The number of hydrazine groups is 1. The van der Waals surface area contributed by atoms with Crippen LogP contribution in [0.5, 0.6) is 5.75 Å². The fourth-order valence-electron chi connectivity index (χ4n) is 7.63. The molecule has 7 nitrogen and oxygen atoms in total. The van der Waals surface area contributed by atoms with E-state index in [4.69, 9.17) is 4.74 Å². The fourth-order valence-corrected chi connectivity index (χ4v) is 7.63. The lowest BCUT2D eigenvalue weighted by molar-refractivity contribution is -0.118. The Bertz CT molecular complexity index is 1310. The van der Waals surface area contributed by atoms with E-state index in [1.54, 1.807) is 7.11 Å². The predicted molar refractivity (Wildman–Crippen MR) is 152 cm³/mol. The SMILES string of the molecule is COc1ccc2c(c1)[C@]1(CC1C1CCC3C(C#Cc4ccc(CN5CCN(C)CC5)cc4)NNC3C1)C(=O)N2. The highest BCUT2D eigenvalue weighted by Crippen LogP contribution is 2.65. The second kappa shape index (κ2) is 9.94. The number of hydrogen-bond donors (Lipinski definition) is 3. The standard InChI is InChI=1S/C32H39N5O2/c1-36-13-15-37(16-14-36)20-22-5-3-21(4-6-22)7-11-28-25-10-8-23(17-30(25)35-34-28)27-19-32(27)26-18-24(39-2)9-12-29(26)33-31(32)38/h3-6,9,12,18,23,25,27-28,30,34-35H,8,10,13-17,19-20H2,1-2H3,(H,33,38)/t23?,25?,27?,28?,30?,32-/m0/s1. The van der Waals surface area contributed by atoms with Crippen LogP contribution in [0.15, 0.2) is 42.5 Å². The van der Waals surface area contributed by atoms with Gasteiger partial charge in [0.25, 0.3) is 0 Å². The molecule has 2 aromatic carbocycles. The zero-order valence-electron chi connectivity index (χ0n) is 23.0. The lowest BCUT2D eigenvalue weighted by Crippen LogP contribution is -2.43. The first-order valence-corrected chi connectivity index (χ1v) is 14.6. The van der Waals surface area contributed by atoms with E-state index in [-0.39, 0.29) is 17.4 Å². The summed E-state index contributed by atoms with van der Waals surface area (Å²) in [4.78, 5) is 18.0. The summed E-state index contributed by atoms with van der Waals surface area (Å²) in [6.45, 7) is 5.59. The molecule has 1 spiro atoms. The van der Waals surface area contributed by atoms with Gasteiger partial charge in [-0.3, -0.25) is 15.1 Å². The Kier molecular flexibility index (Phi) is 6.40. The number of amides is 1. The third kappa shape index (κ3) is 4.54. The van der Waals surface area contributed by atoms with E-state index in [0.717, 1.165) is 81.0 Å². The van der Waals surface area contributed by atoms with Crippen LogP contribution in [-0.4, -0.2) is 68.1 Å². The molecule has 1 amide bonds. The number of rotatable bonds is 4. The van der Waals surface area contributed by atoms with Crippen molar-refractivity contribution in [2.45, 2.75) is 49.7 Å². The number of piperazine rings is 1. The number of carbonyl (C=O) groups is 1. The second-order valence-corrected chi connectivity index (χ2v) is 12.3. The van der Waals surface area contributed by atoms with E-state index < -0.39 is 0 Å². The maximum Gasteiger partial charge on any atom is 0.235 e. The Morgan fingerprint density at radius 3 is 2.67 bits per heavy atom. The van der Waals surface area contributed by atoms with Gasteiger partial charge >= 0.3 is 0 Å². The summed E-state index contributed by atoms with van der Waals surface area (Å²) >= 11 is 0. The van der Waals surface area contributed by atoms with Crippen molar-refractivity contribution in [3.63, 3.8) is 0 Å². The molecule has 2 saturated carbocycles. The summed E-state index contributed by atoms with van der Waals surface area (Å²) in [5, 5.41) is 3.14. The normalized spacial score (nSPS) is 33.7. The lowest BCUT2D eigenvalue weighted by atomic mass is 9.73. The highest BCUT2D eigenvalue weighted by atomic mass is 16.5. The van der Waals surface area contributed by atoms with Crippen molar-refractivity contribution in [3.05, 3.63) is 59.2 Å². The van der Waals surface area contributed by atoms with Crippen LogP contribution in [0, 0.1) is 29.6 Å². The van der Waals surface area contributed by atoms with Gasteiger partial charge in [0.2, 0.25) is 5.91 Å². The third-order valence-corrected chi connectivity index (χ3v) is 10.1. The Hall–Kier alpha value is -2.89. The number of carbonyl (C=O) groups excluding carboxylic acids is 1. The van der Waals surface area contributed by atoms with Gasteiger partial charge in [0.05, 0.1) is 18.6 Å². The monoisotopic (exact) mass is 525 g/mol. The van der Waals surface area contributed by atoms with E-state index >= 15 is 0 Å². The molecule has 4 fully saturated rings. The van der Waals surface area contributed by atoms with Crippen LogP contribution in [0.2, 0.25) is 0 Å². The first kappa shape index (κ1) is 25.1. The molecule has 3 N–H and O–H groups in total. The van der Waals surface area contributed by atoms with Gasteiger partial charge in [0.1, 0.15) is 5.75 Å². The maximum absolute atomic E-state index is 13.1. The number of ether oxygens (including phenoxy) is 1. The summed E-state index contributed by atoms with van der Waals surface area (Å²) in [6.07, 6.45) is 4.33. The van der Waals surface area contributed by atoms with Crippen molar-refractivity contribution in [1.29, 1.82) is 0 Å². The van der Waals surface area contributed by atoms with Crippen molar-refractivity contribution in [2.24, 2.45) is 17.8 Å². The number of nitrogens with one attached hydrogen (secondary N) is 3. The van der Waals surface area contributed by atoms with Crippen molar-refractivity contribution in [3.8, 4) is 17.6 Å². The molecule has 2 aliphatic carbocycles. The minimum absolute atomic E-state index is 0.161. The van der Waals surface area contributed by atoms with Gasteiger partial charge in [-0.2, -0.15) is 0 Å². The van der Waals surface area contributed by atoms with Crippen LogP contribution in [0.1, 0.15) is 42.4 Å². The van der Waals surface area contributed by atoms with Crippen LogP contribution < -0.4 is 20.9 Å². The zero-order valence-corrected chi connectivity index (χ0v) is 23.0. The number of benzene rings is 2. The molecule has 7 heteroatoms. The minimum atomic E-state index is -0.358. The van der Waals surface area contributed by atoms with Gasteiger partial charge in [0, 0.05) is 55.9 Å². The van der Waals surface area contributed by atoms with Gasteiger partial charge in [-0.1, -0.05) is 24.0 Å². The summed E-state index contributed by atoms with van der Waals surface area (Å²) < 4.78 is 5.47. The number of anilines is 1. The zero-order chi connectivity index (χ0) is 26.6. The molecule has 204 valence electrons. The van der Waals surface area contributed by atoms with Crippen LogP contribution >= 0.6 is 0 Å². The molecule has 0 radical (unpaired) electrons. The van der Waals surface area contributed by atoms with Crippen molar-refractivity contribution >= 4 is 11.6 Å². The van der Waals surface area contributed by atoms with Crippen molar-refractivity contribution in [2.75, 3.05) is 45.7 Å². The van der Waals surface area contributed by atoms with Gasteiger partial charge < -0.3 is 15.0 Å². The largest absolute Gasteiger partial charge is 0.497 e. The van der Waals surface area contributed by atoms with Crippen LogP contribution in [0.3, 0.4) is 0 Å². The van der Waals surface area contributed by atoms with Crippen molar-refractivity contribution in [1.82, 2.24) is 20.7 Å². The number of likely N-dealkylation sites (N-methyl/N-ethyl adjacent to an activating group) is 1. The fraction of sp³-hybridized carbons (Fsp3) is 0.531. The molecule has 3 heterocycles. The average Bonchev–Trinajstić information content (AvgIpc) is 3.50. The molecule has 5 aliphatic rings. The summed E-state index contributed by atoms with van der Waals surface area (Å²) in [5.74, 6) is 9.41. The third-order valence-electron chi connectivity index (χ3n) is 10.1. The minimum Gasteiger partial charge on any atom is -0.497 e. The molecule has 39 heavy (non-hydrogen) atoms. The topological polar surface area (TPSA) is 68.9 Å². The molecule has 2 aromatic rings. The van der Waals surface area contributed by atoms with Gasteiger partial charge in [0.15, 0.2) is 0 Å². The highest BCUT2D eigenvalue weighted by molar-refractivity contribution is 6.09. The van der Waals surface area contributed by atoms with E-state index in [1.807, 2.05) is 12.1 Å². The first-order valence-electron chi connectivity index (χ1n) is 14.6. The Labute approximate surface area is 231 Å². The molecule has 2 saturated heterocycles. The van der Waals surface area contributed by atoms with Gasteiger partial charge in [-0.05, 0) is 86.0 Å². The number of nitrogens with zero attached hydrogens (tertiary/aromatic N) is 2. The predicted octanol–water partition coefficient (Wildman–Crippen LogP) is 2.97. The molecule has 3 aliphatic heterocycles. The average molecular weight is 526 g/mol. The van der Waals surface area contributed by atoms with Crippen molar-refractivity contribution < 1.29 is 9.53 Å². The Morgan fingerprint density at radius 1 is 1.05 bits per heavy atom.